The van der Waals surface area contributed by atoms with Gasteiger partial charge in [-0.1, -0.05) is 23.9 Å². The van der Waals surface area contributed by atoms with E-state index in [4.69, 9.17) is 9.15 Å². The molecule has 8 nitrogen and oxygen atoms in total. The summed E-state index contributed by atoms with van der Waals surface area (Å²) in [5.41, 5.74) is 3.55. The van der Waals surface area contributed by atoms with Crippen molar-refractivity contribution in [3.05, 3.63) is 100 Å². The van der Waals surface area contributed by atoms with E-state index >= 15 is 0 Å². The van der Waals surface area contributed by atoms with Gasteiger partial charge in [-0.15, -0.1) is 0 Å². The largest absolute Gasteiger partial charge is 0.497 e. The molecule has 0 unspecified atom stereocenters. The van der Waals surface area contributed by atoms with Crippen LogP contribution in [-0.2, 0) is 9.59 Å². The fourth-order valence-electron chi connectivity index (χ4n) is 4.00. The van der Waals surface area contributed by atoms with E-state index in [1.807, 2.05) is 31.2 Å². The number of nitrogens with zero attached hydrogens (tertiary/aromatic N) is 1. The topological polar surface area (TPSA) is 116 Å². The highest BCUT2D eigenvalue weighted by molar-refractivity contribution is 8.03. The number of anilines is 2. The normalized spacial score (nSPS) is 15.0. The molecule has 2 amide bonds. The van der Waals surface area contributed by atoms with Gasteiger partial charge < -0.3 is 25.1 Å². The van der Waals surface area contributed by atoms with Gasteiger partial charge in [-0.2, -0.15) is 5.26 Å². The fraction of sp³-hybridized carbons (Fsp3) is 0.179. The highest BCUT2D eigenvalue weighted by atomic mass is 32.2. The Morgan fingerprint density at radius 3 is 2.51 bits per heavy atom. The van der Waals surface area contributed by atoms with E-state index in [1.165, 1.54) is 18.0 Å². The monoisotopic (exact) mass is 514 g/mol. The van der Waals surface area contributed by atoms with Gasteiger partial charge in [-0.05, 0) is 67.9 Å². The molecular weight excluding hydrogens is 488 g/mol. The van der Waals surface area contributed by atoms with Crippen molar-refractivity contribution in [2.45, 2.75) is 19.8 Å². The first-order chi connectivity index (χ1) is 17.9. The summed E-state index contributed by atoms with van der Waals surface area (Å²) < 4.78 is 10.8. The molecule has 1 aromatic heterocycles. The van der Waals surface area contributed by atoms with Crippen molar-refractivity contribution in [2.24, 2.45) is 0 Å². The quantitative estimate of drug-likeness (QED) is 0.373. The summed E-state index contributed by atoms with van der Waals surface area (Å²) >= 11 is 1.19. The Balaban J connectivity index is 1.55. The first-order valence-corrected chi connectivity index (χ1v) is 12.5. The van der Waals surface area contributed by atoms with Crippen LogP contribution in [0, 0.1) is 18.3 Å². The molecule has 4 rings (SSSR count). The third-order valence-electron chi connectivity index (χ3n) is 5.72. The molecule has 1 aliphatic heterocycles. The number of amides is 2. The van der Waals surface area contributed by atoms with Gasteiger partial charge >= 0.3 is 0 Å². The maximum atomic E-state index is 13.4. The highest BCUT2D eigenvalue weighted by Crippen LogP contribution is 2.41. The molecule has 0 fully saturated rings. The van der Waals surface area contributed by atoms with Gasteiger partial charge in [-0.25, -0.2) is 0 Å². The zero-order valence-electron chi connectivity index (χ0n) is 20.6. The van der Waals surface area contributed by atoms with E-state index < -0.39 is 5.92 Å². The number of hydrogen-bond acceptors (Lipinski definition) is 7. The lowest BCUT2D eigenvalue weighted by Crippen LogP contribution is -2.31. The van der Waals surface area contributed by atoms with Crippen LogP contribution in [0.5, 0.6) is 5.75 Å². The third-order valence-corrected chi connectivity index (χ3v) is 6.73. The minimum atomic E-state index is -0.724. The first kappa shape index (κ1) is 25.7. The molecule has 1 atom stereocenters. The third kappa shape index (κ3) is 6.05. The lowest BCUT2D eigenvalue weighted by Gasteiger charge is -2.28. The molecule has 0 spiro atoms. The average molecular weight is 515 g/mol. The van der Waals surface area contributed by atoms with Crippen molar-refractivity contribution in [2.75, 3.05) is 23.5 Å². The van der Waals surface area contributed by atoms with Crippen LogP contribution in [0.1, 0.15) is 24.2 Å². The second-order valence-electron chi connectivity index (χ2n) is 8.36. The Morgan fingerprint density at radius 1 is 1.08 bits per heavy atom. The Morgan fingerprint density at radius 2 is 1.86 bits per heavy atom. The summed E-state index contributed by atoms with van der Waals surface area (Å²) in [6, 6.07) is 20.2. The summed E-state index contributed by atoms with van der Waals surface area (Å²) in [4.78, 5) is 26.0. The van der Waals surface area contributed by atoms with Gasteiger partial charge in [0.1, 0.15) is 11.5 Å². The summed E-state index contributed by atoms with van der Waals surface area (Å²) in [5, 5.41) is 19.6. The molecule has 37 heavy (non-hydrogen) atoms. The molecule has 1 aliphatic rings. The van der Waals surface area contributed by atoms with Crippen molar-refractivity contribution in [1.82, 2.24) is 5.32 Å². The van der Waals surface area contributed by atoms with Crippen LogP contribution < -0.4 is 20.7 Å². The zero-order valence-corrected chi connectivity index (χ0v) is 21.4. The van der Waals surface area contributed by atoms with Gasteiger partial charge in [0.2, 0.25) is 5.91 Å². The Kier molecular flexibility index (Phi) is 8.01. The number of carbonyl (C=O) groups excluding carboxylic acids is 2. The SMILES string of the molecule is COc1ccc(NC(=O)CSC2=C(C#N)[C@H](c3ccco3)C(C(=O)Nc3cccc(C)c3)=C(C)N2)cc1. The molecule has 0 saturated heterocycles. The molecule has 2 heterocycles. The summed E-state index contributed by atoms with van der Waals surface area (Å²) in [6.45, 7) is 3.71. The van der Waals surface area contributed by atoms with Crippen molar-refractivity contribution in [1.29, 1.82) is 5.26 Å². The molecule has 9 heteroatoms. The second-order valence-corrected chi connectivity index (χ2v) is 9.34. The van der Waals surface area contributed by atoms with Crippen LogP contribution in [0.25, 0.3) is 0 Å². The number of aryl methyl sites for hydroxylation is 1. The van der Waals surface area contributed by atoms with E-state index in [2.05, 4.69) is 22.0 Å². The van der Waals surface area contributed by atoms with Crippen molar-refractivity contribution >= 4 is 35.0 Å². The van der Waals surface area contributed by atoms with E-state index in [9.17, 15) is 14.9 Å². The molecule has 0 aliphatic carbocycles. The maximum Gasteiger partial charge on any atom is 0.254 e. The summed E-state index contributed by atoms with van der Waals surface area (Å²) in [6.07, 6.45) is 1.51. The molecular formula is C28H26N4O4S. The number of benzene rings is 2. The molecule has 0 radical (unpaired) electrons. The number of rotatable bonds is 8. The molecule has 0 bridgehead atoms. The first-order valence-electron chi connectivity index (χ1n) is 11.5. The number of thioether (sulfide) groups is 1. The van der Waals surface area contributed by atoms with E-state index in [0.29, 0.717) is 44.8 Å². The minimum absolute atomic E-state index is 0.0581. The molecule has 2 aromatic carbocycles. The number of nitriles is 1. The van der Waals surface area contributed by atoms with Gasteiger partial charge in [0.05, 0.1) is 47.3 Å². The highest BCUT2D eigenvalue weighted by Gasteiger charge is 2.36. The Bertz CT molecular complexity index is 1400. The average Bonchev–Trinajstić information content (AvgIpc) is 3.42. The van der Waals surface area contributed by atoms with E-state index in [0.717, 1.165) is 5.56 Å². The van der Waals surface area contributed by atoms with Gasteiger partial charge in [-0.3, -0.25) is 9.59 Å². The minimum Gasteiger partial charge on any atom is -0.497 e. The van der Waals surface area contributed by atoms with Crippen molar-refractivity contribution in [3.8, 4) is 11.8 Å². The van der Waals surface area contributed by atoms with Gasteiger partial charge in [0.15, 0.2) is 0 Å². The number of methoxy groups -OCH3 is 1. The molecule has 3 aromatic rings. The predicted molar refractivity (Wildman–Crippen MR) is 144 cm³/mol. The standard InChI is InChI=1S/C28H26N4O4S/c1-17-6-4-7-20(14-17)32-27(34)25-18(2)30-28(22(15-29)26(25)23-8-5-13-36-23)37-16-24(33)31-19-9-11-21(35-3)12-10-19/h4-14,26,30H,16H2,1-3H3,(H,31,33)(H,32,34)/t26-/m1/s1. The molecule has 0 saturated carbocycles. The summed E-state index contributed by atoms with van der Waals surface area (Å²) in [7, 11) is 1.58. The van der Waals surface area contributed by atoms with Crippen LogP contribution in [0.2, 0.25) is 0 Å². The van der Waals surface area contributed by atoms with Gasteiger partial charge in [0, 0.05) is 17.1 Å². The van der Waals surface area contributed by atoms with Crippen LogP contribution in [0.15, 0.2) is 93.2 Å². The summed E-state index contributed by atoms with van der Waals surface area (Å²) in [5.74, 6) is -0.0865. The number of allylic oxidation sites excluding steroid dienone is 2. The second kappa shape index (κ2) is 11.5. The number of hydrogen-bond donors (Lipinski definition) is 3. The maximum absolute atomic E-state index is 13.4. The molecule has 188 valence electrons. The van der Waals surface area contributed by atoms with Crippen LogP contribution in [-0.4, -0.2) is 24.7 Å². The predicted octanol–water partition coefficient (Wildman–Crippen LogP) is 5.30. The number of carbonyl (C=O) groups is 2. The number of nitrogens with one attached hydrogen (secondary N) is 3. The van der Waals surface area contributed by atoms with E-state index in [-0.39, 0.29) is 17.6 Å². The Labute approximate surface area is 219 Å². The van der Waals surface area contributed by atoms with E-state index in [1.54, 1.807) is 50.4 Å². The van der Waals surface area contributed by atoms with Crippen LogP contribution >= 0.6 is 11.8 Å². The number of dihydropyridines is 1. The van der Waals surface area contributed by atoms with Crippen LogP contribution in [0.4, 0.5) is 11.4 Å². The number of furan rings is 1. The Hall–Kier alpha value is -4.42. The molecule has 3 N–H and O–H groups in total. The van der Waals surface area contributed by atoms with Crippen molar-refractivity contribution < 1.29 is 18.7 Å². The lowest BCUT2D eigenvalue weighted by molar-refractivity contribution is -0.114. The smallest absolute Gasteiger partial charge is 0.254 e. The van der Waals surface area contributed by atoms with Crippen LogP contribution in [0.3, 0.4) is 0 Å². The zero-order chi connectivity index (χ0) is 26.4. The number of ether oxygens (including phenoxy) is 1. The van der Waals surface area contributed by atoms with Crippen molar-refractivity contribution in [3.63, 3.8) is 0 Å². The van der Waals surface area contributed by atoms with Gasteiger partial charge in [0.25, 0.3) is 5.91 Å². The fourth-order valence-corrected chi connectivity index (χ4v) is 4.89. The lowest BCUT2D eigenvalue weighted by atomic mass is 9.85.